The highest BCUT2D eigenvalue weighted by Crippen LogP contribution is 2.19. The van der Waals surface area contributed by atoms with Crippen LogP contribution in [0.4, 0.5) is 5.69 Å². The van der Waals surface area contributed by atoms with Crippen LogP contribution in [0.5, 0.6) is 0 Å². The standard InChI is InChI=1S/C14H19N5O/c1-9(2)19-11(4)12(8-17-19)18-14(20)10(3)13-15-6-5-7-16-13/h5-10H,1-4H3,(H,18,20). The largest absolute Gasteiger partial charge is 0.323 e. The maximum absolute atomic E-state index is 12.2. The average Bonchev–Trinajstić information content (AvgIpc) is 2.80. The topological polar surface area (TPSA) is 72.7 Å². The minimum absolute atomic E-state index is 0.136. The molecule has 0 aliphatic rings. The molecule has 2 aromatic rings. The van der Waals surface area contributed by atoms with E-state index in [4.69, 9.17) is 0 Å². The summed E-state index contributed by atoms with van der Waals surface area (Å²) >= 11 is 0. The first-order valence-corrected chi connectivity index (χ1v) is 6.62. The van der Waals surface area contributed by atoms with Crippen molar-refractivity contribution in [1.82, 2.24) is 19.7 Å². The van der Waals surface area contributed by atoms with Gasteiger partial charge in [-0.1, -0.05) is 0 Å². The number of carbonyl (C=O) groups excluding carboxylic acids is 1. The van der Waals surface area contributed by atoms with Crippen LogP contribution in [0.3, 0.4) is 0 Å². The predicted octanol–water partition coefficient (Wildman–Crippen LogP) is 2.30. The van der Waals surface area contributed by atoms with Gasteiger partial charge in [-0.05, 0) is 33.8 Å². The lowest BCUT2D eigenvalue weighted by Crippen LogP contribution is -2.21. The first-order valence-electron chi connectivity index (χ1n) is 6.62. The van der Waals surface area contributed by atoms with Crippen LogP contribution in [0, 0.1) is 6.92 Å². The number of anilines is 1. The van der Waals surface area contributed by atoms with Gasteiger partial charge in [0.05, 0.1) is 23.5 Å². The van der Waals surface area contributed by atoms with Crippen LogP contribution < -0.4 is 5.32 Å². The summed E-state index contributed by atoms with van der Waals surface area (Å²) in [5.74, 6) is -0.0282. The Morgan fingerprint density at radius 2 is 1.90 bits per heavy atom. The van der Waals surface area contributed by atoms with Crippen molar-refractivity contribution in [2.45, 2.75) is 39.7 Å². The van der Waals surface area contributed by atoms with Gasteiger partial charge < -0.3 is 5.32 Å². The van der Waals surface area contributed by atoms with E-state index in [0.29, 0.717) is 5.82 Å². The maximum Gasteiger partial charge on any atom is 0.234 e. The zero-order chi connectivity index (χ0) is 14.7. The fourth-order valence-electron chi connectivity index (χ4n) is 1.96. The number of rotatable bonds is 4. The highest BCUT2D eigenvalue weighted by atomic mass is 16.1. The van der Waals surface area contributed by atoms with Crippen LogP contribution in [0.25, 0.3) is 0 Å². The lowest BCUT2D eigenvalue weighted by molar-refractivity contribution is -0.117. The van der Waals surface area contributed by atoms with Gasteiger partial charge in [-0.2, -0.15) is 5.10 Å². The van der Waals surface area contributed by atoms with E-state index in [1.165, 1.54) is 0 Å². The number of amides is 1. The molecule has 2 heterocycles. The second-order valence-corrected chi connectivity index (χ2v) is 5.00. The summed E-state index contributed by atoms with van der Waals surface area (Å²) in [6, 6.07) is 1.99. The predicted molar refractivity (Wildman–Crippen MR) is 76.4 cm³/mol. The maximum atomic E-state index is 12.2. The molecule has 20 heavy (non-hydrogen) atoms. The molecule has 0 saturated carbocycles. The molecule has 1 atom stereocenters. The molecule has 1 amide bonds. The van der Waals surface area contributed by atoms with Crippen LogP contribution >= 0.6 is 0 Å². The molecule has 0 aliphatic heterocycles. The fraction of sp³-hybridized carbons (Fsp3) is 0.429. The van der Waals surface area contributed by atoms with Crippen molar-refractivity contribution in [1.29, 1.82) is 0 Å². The fourth-order valence-corrected chi connectivity index (χ4v) is 1.96. The van der Waals surface area contributed by atoms with Crippen LogP contribution in [0.1, 0.15) is 44.2 Å². The molecular weight excluding hydrogens is 254 g/mol. The summed E-state index contributed by atoms with van der Waals surface area (Å²) in [4.78, 5) is 20.4. The number of aromatic nitrogens is 4. The molecule has 0 aliphatic carbocycles. The van der Waals surface area contributed by atoms with Gasteiger partial charge in [0, 0.05) is 18.4 Å². The number of carbonyl (C=O) groups is 1. The van der Waals surface area contributed by atoms with Gasteiger partial charge in [-0.3, -0.25) is 9.48 Å². The van der Waals surface area contributed by atoms with E-state index < -0.39 is 5.92 Å². The van der Waals surface area contributed by atoms with E-state index in [-0.39, 0.29) is 11.9 Å². The number of hydrogen-bond donors (Lipinski definition) is 1. The summed E-state index contributed by atoms with van der Waals surface area (Å²) in [5.41, 5.74) is 1.67. The van der Waals surface area contributed by atoms with Crippen molar-refractivity contribution in [3.63, 3.8) is 0 Å². The van der Waals surface area contributed by atoms with Crippen LogP contribution in [-0.4, -0.2) is 25.7 Å². The van der Waals surface area contributed by atoms with Gasteiger partial charge in [0.1, 0.15) is 5.82 Å². The second-order valence-electron chi connectivity index (χ2n) is 5.00. The van der Waals surface area contributed by atoms with E-state index >= 15 is 0 Å². The van der Waals surface area contributed by atoms with Crippen molar-refractivity contribution in [3.05, 3.63) is 36.2 Å². The summed E-state index contributed by atoms with van der Waals surface area (Å²) in [6.45, 7) is 7.82. The minimum Gasteiger partial charge on any atom is -0.323 e. The monoisotopic (exact) mass is 273 g/mol. The normalized spacial score (nSPS) is 12.4. The Morgan fingerprint density at radius 3 is 2.45 bits per heavy atom. The second kappa shape index (κ2) is 5.81. The summed E-state index contributed by atoms with van der Waals surface area (Å²) in [7, 11) is 0. The van der Waals surface area contributed by atoms with Gasteiger partial charge in [0.2, 0.25) is 5.91 Å². The third kappa shape index (κ3) is 2.84. The molecule has 0 bridgehead atoms. The third-order valence-corrected chi connectivity index (χ3v) is 3.16. The number of nitrogens with zero attached hydrogens (tertiary/aromatic N) is 4. The Labute approximate surface area is 118 Å². The molecule has 0 saturated heterocycles. The van der Waals surface area contributed by atoms with Crippen molar-refractivity contribution in [2.75, 3.05) is 5.32 Å². The first-order chi connectivity index (χ1) is 9.50. The van der Waals surface area contributed by atoms with Crippen molar-refractivity contribution < 1.29 is 4.79 Å². The van der Waals surface area contributed by atoms with Crippen molar-refractivity contribution in [2.24, 2.45) is 0 Å². The highest BCUT2D eigenvalue weighted by Gasteiger charge is 2.19. The van der Waals surface area contributed by atoms with Gasteiger partial charge in [-0.15, -0.1) is 0 Å². The molecule has 106 valence electrons. The molecule has 0 fully saturated rings. The Morgan fingerprint density at radius 1 is 1.25 bits per heavy atom. The van der Waals surface area contributed by atoms with Crippen LogP contribution in [-0.2, 0) is 4.79 Å². The zero-order valence-electron chi connectivity index (χ0n) is 12.2. The van der Waals surface area contributed by atoms with Gasteiger partial charge in [-0.25, -0.2) is 9.97 Å². The first kappa shape index (κ1) is 14.2. The van der Waals surface area contributed by atoms with E-state index in [9.17, 15) is 4.79 Å². The Hall–Kier alpha value is -2.24. The average molecular weight is 273 g/mol. The molecule has 6 heteroatoms. The van der Waals surface area contributed by atoms with Gasteiger partial charge >= 0.3 is 0 Å². The number of nitrogens with one attached hydrogen (secondary N) is 1. The quantitative estimate of drug-likeness (QED) is 0.927. The van der Waals surface area contributed by atoms with Crippen LogP contribution in [0.15, 0.2) is 24.7 Å². The van der Waals surface area contributed by atoms with Crippen molar-refractivity contribution in [3.8, 4) is 0 Å². The Bertz CT molecular complexity index is 591. The summed E-state index contributed by atoms with van der Waals surface area (Å²) in [5, 5.41) is 7.15. The van der Waals surface area contributed by atoms with Gasteiger partial charge in [0.15, 0.2) is 0 Å². The van der Waals surface area contributed by atoms with E-state index in [1.807, 2.05) is 25.5 Å². The lowest BCUT2D eigenvalue weighted by atomic mass is 10.1. The Kier molecular flexibility index (Phi) is 4.12. The molecule has 6 nitrogen and oxygen atoms in total. The molecule has 0 aromatic carbocycles. The molecule has 0 spiro atoms. The third-order valence-electron chi connectivity index (χ3n) is 3.16. The zero-order valence-corrected chi connectivity index (χ0v) is 12.2. The van der Waals surface area contributed by atoms with Crippen LogP contribution in [0.2, 0.25) is 0 Å². The van der Waals surface area contributed by atoms with Gasteiger partial charge in [0.25, 0.3) is 0 Å². The molecular formula is C14H19N5O. The smallest absolute Gasteiger partial charge is 0.234 e. The lowest BCUT2D eigenvalue weighted by Gasteiger charge is -2.12. The Balaban J connectivity index is 2.12. The SMILES string of the molecule is Cc1c(NC(=O)C(C)c2ncccn2)cnn1C(C)C. The molecule has 1 N–H and O–H groups in total. The minimum atomic E-state index is -0.405. The molecule has 2 rings (SSSR count). The number of hydrogen-bond acceptors (Lipinski definition) is 4. The summed E-state index contributed by atoms with van der Waals surface area (Å²) in [6.07, 6.45) is 4.94. The highest BCUT2D eigenvalue weighted by molar-refractivity contribution is 5.95. The molecule has 0 radical (unpaired) electrons. The van der Waals surface area contributed by atoms with Crippen molar-refractivity contribution >= 4 is 11.6 Å². The molecule has 2 aromatic heterocycles. The van der Waals surface area contributed by atoms with E-state index in [2.05, 4.69) is 20.4 Å². The van der Waals surface area contributed by atoms with E-state index in [0.717, 1.165) is 11.4 Å². The molecule has 1 unspecified atom stereocenters. The summed E-state index contributed by atoms with van der Waals surface area (Å²) < 4.78 is 1.87. The van der Waals surface area contributed by atoms with E-state index in [1.54, 1.807) is 31.6 Å².